The molecule has 1 N–H and O–H groups in total. The molecule has 1 saturated heterocycles. The van der Waals surface area contributed by atoms with Crippen molar-refractivity contribution >= 4 is 0 Å². The molecule has 1 heterocycles. The van der Waals surface area contributed by atoms with E-state index in [1.807, 2.05) is 6.92 Å². The van der Waals surface area contributed by atoms with Gasteiger partial charge in [-0.1, -0.05) is 66.7 Å². The highest BCUT2D eigenvalue weighted by atomic mass is 16.5. The van der Waals surface area contributed by atoms with Crippen LogP contribution in [0.2, 0.25) is 0 Å². The number of rotatable bonds is 3. The van der Waals surface area contributed by atoms with E-state index >= 15 is 0 Å². The Labute approximate surface area is 149 Å². The normalized spacial score (nSPS) is 23.7. The van der Waals surface area contributed by atoms with Gasteiger partial charge in [-0.25, -0.2) is 0 Å². The summed E-state index contributed by atoms with van der Waals surface area (Å²) in [5.41, 5.74) is 6.35. The fourth-order valence-corrected chi connectivity index (χ4v) is 3.85. The van der Waals surface area contributed by atoms with Crippen molar-refractivity contribution in [3.8, 4) is 11.1 Å². The topological polar surface area (TPSA) is 29.5 Å². The molecular weight excluding hydrogens is 308 g/mol. The third-order valence-corrected chi connectivity index (χ3v) is 5.01. The lowest BCUT2D eigenvalue weighted by atomic mass is 9.94. The molecule has 3 atom stereocenters. The van der Waals surface area contributed by atoms with Crippen LogP contribution >= 0.6 is 0 Å². The molecule has 2 nitrogen and oxygen atoms in total. The lowest BCUT2D eigenvalue weighted by Gasteiger charge is -2.31. The molecule has 1 aliphatic heterocycles. The molecular formula is C23H24O2. The van der Waals surface area contributed by atoms with Gasteiger partial charge in [0, 0.05) is 6.42 Å². The number of ether oxygens (including phenoxy) is 1. The van der Waals surface area contributed by atoms with Crippen LogP contribution in [0.15, 0.2) is 66.7 Å². The van der Waals surface area contributed by atoms with Crippen LogP contribution in [0.1, 0.15) is 42.6 Å². The lowest BCUT2D eigenvalue weighted by molar-refractivity contribution is -0.0895. The molecule has 3 aliphatic rings. The van der Waals surface area contributed by atoms with E-state index in [4.69, 9.17) is 4.74 Å². The first-order valence-electron chi connectivity index (χ1n) is 9.07. The van der Waals surface area contributed by atoms with Crippen LogP contribution in [0.5, 0.6) is 0 Å². The van der Waals surface area contributed by atoms with Crippen LogP contribution < -0.4 is 0 Å². The summed E-state index contributed by atoms with van der Waals surface area (Å²) in [6.07, 6.45) is 2.17. The van der Waals surface area contributed by atoms with E-state index in [0.29, 0.717) is 6.42 Å². The Hall–Kier alpha value is -2.16. The van der Waals surface area contributed by atoms with Crippen molar-refractivity contribution in [3.63, 3.8) is 0 Å². The van der Waals surface area contributed by atoms with Crippen LogP contribution in [0.4, 0.5) is 0 Å². The molecule has 0 saturated carbocycles. The minimum absolute atomic E-state index is 0.00326. The van der Waals surface area contributed by atoms with Crippen molar-refractivity contribution in [1.82, 2.24) is 0 Å². The molecule has 1 fully saturated rings. The van der Waals surface area contributed by atoms with Gasteiger partial charge >= 0.3 is 0 Å². The summed E-state index contributed by atoms with van der Waals surface area (Å²) in [5.74, 6) is 0. The Balaban J connectivity index is 1.56. The van der Waals surface area contributed by atoms with Gasteiger partial charge in [-0.3, -0.25) is 0 Å². The van der Waals surface area contributed by atoms with Gasteiger partial charge in [-0.15, -0.1) is 0 Å². The number of aliphatic hydroxyl groups is 1. The zero-order valence-electron chi connectivity index (χ0n) is 14.6. The average molecular weight is 332 g/mol. The molecule has 1 aromatic carbocycles. The van der Waals surface area contributed by atoms with E-state index in [1.165, 1.54) is 27.8 Å². The number of hydrogen-bond acceptors (Lipinski definition) is 2. The zero-order valence-corrected chi connectivity index (χ0v) is 14.6. The summed E-state index contributed by atoms with van der Waals surface area (Å²) < 4.78 is 6.05. The van der Waals surface area contributed by atoms with Gasteiger partial charge in [0.2, 0.25) is 0 Å². The largest absolute Gasteiger partial charge is 0.393 e. The summed E-state index contributed by atoms with van der Waals surface area (Å²) in [4.78, 5) is 0. The average Bonchev–Trinajstić information content (AvgIpc) is 2.82. The highest BCUT2D eigenvalue weighted by Crippen LogP contribution is 2.32. The van der Waals surface area contributed by atoms with Crippen molar-refractivity contribution < 1.29 is 9.84 Å². The second-order valence-electron chi connectivity index (χ2n) is 7.17. The lowest BCUT2D eigenvalue weighted by Crippen LogP contribution is -2.29. The van der Waals surface area contributed by atoms with Crippen LogP contribution in [-0.2, 0) is 11.2 Å². The molecule has 0 bridgehead atoms. The first-order valence-corrected chi connectivity index (χ1v) is 9.07. The quantitative estimate of drug-likeness (QED) is 0.733. The standard InChI is InChI=1S/C23H24O2/c1-16-10-22(24)15-23(25-16)21-9-5-6-17(12-21)11-18-13-19-7-3-2-4-8-20(19)14-18/h2-9,12-14,16,22-24H,10-11,15H2,1H3/t16-,22+,23-/m1/s1. The molecule has 4 rings (SSSR count). The minimum atomic E-state index is -0.265. The predicted octanol–water partition coefficient (Wildman–Crippen LogP) is 4.98. The van der Waals surface area contributed by atoms with E-state index in [-0.39, 0.29) is 18.3 Å². The summed E-state index contributed by atoms with van der Waals surface area (Å²) in [7, 11) is 0. The number of benzene rings is 1. The Kier molecular flexibility index (Phi) is 4.56. The van der Waals surface area contributed by atoms with Crippen LogP contribution in [0.3, 0.4) is 0 Å². The molecule has 0 unspecified atom stereocenters. The molecule has 0 aromatic heterocycles. The van der Waals surface area contributed by atoms with Crippen LogP contribution in [0, 0.1) is 0 Å². The maximum Gasteiger partial charge on any atom is 0.0853 e. The van der Waals surface area contributed by atoms with Crippen molar-refractivity contribution in [1.29, 1.82) is 0 Å². The van der Waals surface area contributed by atoms with E-state index in [9.17, 15) is 5.11 Å². The maximum atomic E-state index is 10.0. The third kappa shape index (κ3) is 3.76. The predicted molar refractivity (Wildman–Crippen MR) is 101 cm³/mol. The second kappa shape index (κ2) is 6.99. The highest BCUT2D eigenvalue weighted by molar-refractivity contribution is 5.68. The van der Waals surface area contributed by atoms with Gasteiger partial charge in [-0.05, 0) is 47.6 Å². The number of aliphatic hydroxyl groups excluding tert-OH is 1. The molecule has 0 spiro atoms. The maximum absolute atomic E-state index is 10.0. The summed E-state index contributed by atoms with van der Waals surface area (Å²) in [5, 5.41) is 10.0. The SMILES string of the molecule is C[C@@H]1C[C@H](O)C[C@H](c2cccc(Cc3cc4cccccc-4c3)c2)O1. The summed E-state index contributed by atoms with van der Waals surface area (Å²) in [6.45, 7) is 2.04. The van der Waals surface area contributed by atoms with Gasteiger partial charge < -0.3 is 9.84 Å². The Morgan fingerprint density at radius 2 is 1.64 bits per heavy atom. The second-order valence-corrected chi connectivity index (χ2v) is 7.17. The van der Waals surface area contributed by atoms with Gasteiger partial charge in [0.05, 0.1) is 18.3 Å². The monoisotopic (exact) mass is 332 g/mol. The molecule has 25 heavy (non-hydrogen) atoms. The van der Waals surface area contributed by atoms with E-state index in [2.05, 4.69) is 66.7 Å². The zero-order chi connectivity index (χ0) is 17.2. The van der Waals surface area contributed by atoms with Crippen molar-refractivity contribution in [3.05, 3.63) is 83.4 Å². The van der Waals surface area contributed by atoms with Crippen LogP contribution in [-0.4, -0.2) is 17.3 Å². The first kappa shape index (κ1) is 16.3. The molecule has 0 radical (unpaired) electrons. The Morgan fingerprint density at radius 3 is 2.36 bits per heavy atom. The Morgan fingerprint density at radius 1 is 0.880 bits per heavy atom. The van der Waals surface area contributed by atoms with E-state index in [0.717, 1.165) is 12.8 Å². The minimum Gasteiger partial charge on any atom is -0.393 e. The van der Waals surface area contributed by atoms with Crippen molar-refractivity contribution in [2.75, 3.05) is 0 Å². The molecule has 1 aromatic rings. The summed E-state index contributed by atoms with van der Waals surface area (Å²) in [6, 6.07) is 23.7. The van der Waals surface area contributed by atoms with Crippen LogP contribution in [0.25, 0.3) is 11.1 Å². The number of fused-ring (bicyclic) bond motifs is 1. The van der Waals surface area contributed by atoms with Gasteiger partial charge in [0.15, 0.2) is 0 Å². The molecule has 128 valence electrons. The van der Waals surface area contributed by atoms with Gasteiger partial charge in [0.25, 0.3) is 0 Å². The van der Waals surface area contributed by atoms with Crippen molar-refractivity contribution in [2.24, 2.45) is 0 Å². The van der Waals surface area contributed by atoms with E-state index < -0.39 is 0 Å². The smallest absolute Gasteiger partial charge is 0.0853 e. The third-order valence-electron chi connectivity index (χ3n) is 5.01. The highest BCUT2D eigenvalue weighted by Gasteiger charge is 2.26. The Bertz CT molecular complexity index is 785. The fourth-order valence-electron chi connectivity index (χ4n) is 3.85. The van der Waals surface area contributed by atoms with E-state index in [1.54, 1.807) is 0 Å². The molecule has 2 aliphatic carbocycles. The van der Waals surface area contributed by atoms with Gasteiger partial charge in [-0.2, -0.15) is 0 Å². The molecule has 2 heteroatoms. The number of hydrogen-bond donors (Lipinski definition) is 1. The first-order chi connectivity index (χ1) is 12.2. The van der Waals surface area contributed by atoms with Gasteiger partial charge in [0.1, 0.15) is 0 Å². The summed E-state index contributed by atoms with van der Waals surface area (Å²) >= 11 is 0. The fraction of sp³-hybridized carbons (Fsp3) is 0.304. The van der Waals surface area contributed by atoms with Crippen molar-refractivity contribution in [2.45, 2.75) is 44.5 Å². The molecule has 0 amide bonds.